The Labute approximate surface area is 170 Å². The third kappa shape index (κ3) is 5.16. The lowest BCUT2D eigenvalue weighted by Crippen LogP contribution is -2.38. The summed E-state index contributed by atoms with van der Waals surface area (Å²) in [5, 5.41) is 6.81. The zero-order valence-corrected chi connectivity index (χ0v) is 17.1. The molecule has 0 saturated carbocycles. The van der Waals surface area contributed by atoms with Crippen molar-refractivity contribution in [1.82, 2.24) is 10.2 Å². The number of rotatable bonds is 7. The van der Waals surface area contributed by atoms with E-state index in [-0.39, 0.29) is 18.0 Å². The molecule has 2 N–H and O–H groups in total. The van der Waals surface area contributed by atoms with Crippen LogP contribution in [0.15, 0.2) is 59.0 Å². The molecule has 3 rings (SSSR count). The van der Waals surface area contributed by atoms with E-state index >= 15 is 0 Å². The van der Waals surface area contributed by atoms with Crippen LogP contribution in [0.3, 0.4) is 0 Å². The predicted molar refractivity (Wildman–Crippen MR) is 115 cm³/mol. The van der Waals surface area contributed by atoms with Gasteiger partial charge < -0.3 is 20.0 Å². The van der Waals surface area contributed by atoms with Crippen LogP contribution in [-0.2, 0) is 11.3 Å². The zero-order valence-electron chi connectivity index (χ0n) is 17.1. The molecule has 0 radical (unpaired) electrons. The molecule has 0 saturated heterocycles. The second kappa shape index (κ2) is 9.28. The van der Waals surface area contributed by atoms with Crippen molar-refractivity contribution in [1.29, 1.82) is 0 Å². The summed E-state index contributed by atoms with van der Waals surface area (Å²) < 4.78 is 5.87. The Morgan fingerprint density at radius 1 is 1.10 bits per heavy atom. The maximum Gasteiger partial charge on any atom is 0.318 e. The Morgan fingerprint density at radius 3 is 2.66 bits per heavy atom. The van der Waals surface area contributed by atoms with Gasteiger partial charge in [-0.25, -0.2) is 4.79 Å². The van der Waals surface area contributed by atoms with Crippen molar-refractivity contribution in [2.75, 3.05) is 12.4 Å². The molecule has 3 aromatic rings. The molecule has 0 bridgehead atoms. The van der Waals surface area contributed by atoms with Gasteiger partial charge in [0.25, 0.3) is 0 Å². The fraction of sp³-hybridized carbons (Fsp3) is 0.304. The predicted octanol–water partition coefficient (Wildman–Crippen LogP) is 5.07. The van der Waals surface area contributed by atoms with Gasteiger partial charge in [0.15, 0.2) is 0 Å². The van der Waals surface area contributed by atoms with Crippen LogP contribution in [0.2, 0.25) is 0 Å². The van der Waals surface area contributed by atoms with Gasteiger partial charge in [-0.15, -0.1) is 0 Å². The number of fused-ring (bicyclic) bond motifs is 1. The summed E-state index contributed by atoms with van der Waals surface area (Å²) >= 11 is 0. The van der Waals surface area contributed by atoms with Crippen LogP contribution >= 0.6 is 0 Å². The summed E-state index contributed by atoms with van der Waals surface area (Å²) in [7, 11) is 1.74. The minimum atomic E-state index is -0.206. The topological polar surface area (TPSA) is 74.6 Å². The van der Waals surface area contributed by atoms with Gasteiger partial charge in [0.2, 0.25) is 5.91 Å². The monoisotopic (exact) mass is 393 g/mol. The quantitative estimate of drug-likeness (QED) is 0.588. The van der Waals surface area contributed by atoms with Gasteiger partial charge in [0.1, 0.15) is 11.3 Å². The normalized spacial score (nSPS) is 11.8. The summed E-state index contributed by atoms with van der Waals surface area (Å²) in [4.78, 5) is 26.0. The molecule has 0 aliphatic rings. The highest BCUT2D eigenvalue weighted by molar-refractivity contribution is 5.90. The molecule has 1 unspecified atom stereocenters. The number of amides is 3. The Morgan fingerprint density at radius 2 is 1.90 bits per heavy atom. The number of anilines is 1. The van der Waals surface area contributed by atoms with E-state index in [1.807, 2.05) is 68.4 Å². The van der Waals surface area contributed by atoms with Crippen LogP contribution in [0.4, 0.5) is 10.5 Å². The van der Waals surface area contributed by atoms with Crippen molar-refractivity contribution in [2.24, 2.45) is 0 Å². The third-order valence-electron chi connectivity index (χ3n) is 4.89. The molecular formula is C23H27N3O3. The molecule has 2 aromatic carbocycles. The Balaban J connectivity index is 1.59. The van der Waals surface area contributed by atoms with Crippen LogP contribution in [0.25, 0.3) is 11.0 Å². The number of hydrogen-bond donors (Lipinski definition) is 2. The highest BCUT2D eigenvalue weighted by atomic mass is 16.3. The Bertz CT molecular complexity index is 963. The largest absolute Gasteiger partial charge is 0.459 e. The maximum atomic E-state index is 12.6. The number of nitrogens with zero attached hydrogens (tertiary/aromatic N) is 1. The molecule has 6 nitrogen and oxygen atoms in total. The standard InChI is InChI=1S/C23H27N3O3/c1-4-8-22(27)25-19-11-7-9-17(13-19)15-24-23(28)26(3)16(2)21-14-18-10-5-6-12-20(18)29-21/h5-7,9-14,16H,4,8,15H2,1-3H3,(H,24,28)(H,25,27). The zero-order chi connectivity index (χ0) is 20.8. The number of carbonyl (C=O) groups is 2. The van der Waals surface area contributed by atoms with E-state index in [0.29, 0.717) is 13.0 Å². The smallest absolute Gasteiger partial charge is 0.318 e. The van der Waals surface area contributed by atoms with E-state index < -0.39 is 0 Å². The Hall–Kier alpha value is -3.28. The molecular weight excluding hydrogens is 366 g/mol. The van der Waals surface area contributed by atoms with Crippen molar-refractivity contribution < 1.29 is 14.0 Å². The molecule has 3 amide bonds. The molecule has 1 heterocycles. The molecule has 0 spiro atoms. The third-order valence-corrected chi connectivity index (χ3v) is 4.89. The molecule has 6 heteroatoms. The Kier molecular flexibility index (Phi) is 6.54. The SMILES string of the molecule is CCCC(=O)Nc1cccc(CNC(=O)N(C)C(C)c2cc3ccccc3o2)c1. The molecule has 0 fully saturated rings. The first-order valence-corrected chi connectivity index (χ1v) is 9.86. The van der Waals surface area contributed by atoms with Gasteiger partial charge in [0.05, 0.1) is 6.04 Å². The van der Waals surface area contributed by atoms with E-state index in [9.17, 15) is 9.59 Å². The lowest BCUT2D eigenvalue weighted by atomic mass is 10.2. The van der Waals surface area contributed by atoms with Crippen molar-refractivity contribution in [2.45, 2.75) is 39.3 Å². The number of para-hydroxylation sites is 1. The van der Waals surface area contributed by atoms with Crippen molar-refractivity contribution in [3.05, 3.63) is 65.9 Å². The number of carbonyl (C=O) groups excluding carboxylic acids is 2. The second-order valence-corrected chi connectivity index (χ2v) is 7.13. The summed E-state index contributed by atoms with van der Waals surface area (Å²) in [6, 6.07) is 16.8. The van der Waals surface area contributed by atoms with E-state index in [2.05, 4.69) is 10.6 Å². The van der Waals surface area contributed by atoms with E-state index in [1.165, 1.54) is 0 Å². The molecule has 1 aromatic heterocycles. The number of urea groups is 1. The van der Waals surface area contributed by atoms with E-state index in [1.54, 1.807) is 11.9 Å². The summed E-state index contributed by atoms with van der Waals surface area (Å²) in [5.41, 5.74) is 2.46. The van der Waals surface area contributed by atoms with Gasteiger partial charge in [-0.3, -0.25) is 4.79 Å². The number of hydrogen-bond acceptors (Lipinski definition) is 3. The second-order valence-electron chi connectivity index (χ2n) is 7.13. The van der Waals surface area contributed by atoms with Crippen LogP contribution in [-0.4, -0.2) is 23.9 Å². The number of furan rings is 1. The van der Waals surface area contributed by atoms with Crippen molar-refractivity contribution in [3.8, 4) is 0 Å². The molecule has 29 heavy (non-hydrogen) atoms. The lowest BCUT2D eigenvalue weighted by molar-refractivity contribution is -0.116. The van der Waals surface area contributed by atoms with Crippen LogP contribution in [0.1, 0.15) is 44.1 Å². The van der Waals surface area contributed by atoms with Gasteiger partial charge in [-0.1, -0.05) is 37.3 Å². The van der Waals surface area contributed by atoms with Gasteiger partial charge in [0, 0.05) is 31.1 Å². The van der Waals surface area contributed by atoms with Gasteiger partial charge >= 0.3 is 6.03 Å². The summed E-state index contributed by atoms with van der Waals surface area (Å²) in [6.07, 6.45) is 1.29. The summed E-state index contributed by atoms with van der Waals surface area (Å²) in [6.45, 7) is 4.27. The van der Waals surface area contributed by atoms with E-state index in [4.69, 9.17) is 4.42 Å². The average Bonchev–Trinajstić information content (AvgIpc) is 3.15. The minimum Gasteiger partial charge on any atom is -0.459 e. The molecule has 1 atom stereocenters. The first kappa shape index (κ1) is 20.5. The molecule has 0 aliphatic heterocycles. The molecule has 152 valence electrons. The van der Waals surface area contributed by atoms with Crippen molar-refractivity contribution >= 4 is 28.6 Å². The maximum absolute atomic E-state index is 12.6. The highest BCUT2D eigenvalue weighted by Crippen LogP contribution is 2.26. The number of benzene rings is 2. The van der Waals surface area contributed by atoms with Crippen molar-refractivity contribution in [3.63, 3.8) is 0 Å². The van der Waals surface area contributed by atoms with Gasteiger partial charge in [-0.2, -0.15) is 0 Å². The lowest BCUT2D eigenvalue weighted by Gasteiger charge is -2.23. The minimum absolute atomic E-state index is 0.00641. The average molecular weight is 393 g/mol. The first-order valence-electron chi connectivity index (χ1n) is 9.86. The summed E-state index contributed by atoms with van der Waals surface area (Å²) in [5.74, 6) is 0.734. The van der Waals surface area contributed by atoms with Crippen LogP contribution in [0.5, 0.6) is 0 Å². The van der Waals surface area contributed by atoms with Gasteiger partial charge in [-0.05, 0) is 43.2 Å². The molecule has 0 aliphatic carbocycles. The number of nitrogens with one attached hydrogen (secondary N) is 2. The highest BCUT2D eigenvalue weighted by Gasteiger charge is 2.20. The fourth-order valence-corrected chi connectivity index (χ4v) is 3.09. The van der Waals surface area contributed by atoms with Crippen LogP contribution in [0, 0.1) is 0 Å². The fourth-order valence-electron chi connectivity index (χ4n) is 3.09. The van der Waals surface area contributed by atoms with E-state index in [0.717, 1.165) is 34.4 Å². The first-order chi connectivity index (χ1) is 14.0. The van der Waals surface area contributed by atoms with Crippen LogP contribution < -0.4 is 10.6 Å².